The summed E-state index contributed by atoms with van der Waals surface area (Å²) in [5, 5.41) is 41.3. The minimum absolute atomic E-state index is 0.0193. The highest BCUT2D eigenvalue weighted by Crippen LogP contribution is 2.38. The zero-order chi connectivity index (χ0) is 51.7. The number of aliphatic hydroxyl groups is 3. The second kappa shape index (κ2) is 28.2. The number of carbonyl (C=O) groups is 6. The molecule has 69 heavy (non-hydrogen) atoms. The zero-order valence-corrected chi connectivity index (χ0v) is 43.0. The second-order valence-electron chi connectivity index (χ2n) is 20.1. The average Bonchev–Trinajstić information content (AvgIpc) is 3.30. The number of fused-ring (bicyclic) bond motifs is 3. The molecule has 16 nitrogen and oxygen atoms in total. The van der Waals surface area contributed by atoms with Crippen LogP contribution in [-0.2, 0) is 52.5 Å². The third kappa shape index (κ3) is 17.1. The molecule has 16 heteroatoms. The lowest BCUT2D eigenvalue weighted by Gasteiger charge is -2.42. The van der Waals surface area contributed by atoms with Gasteiger partial charge in [0, 0.05) is 65.4 Å². The number of Topliss-reactive ketones (excluding diaryl/α,β-unsaturated/α-hetero) is 3. The van der Waals surface area contributed by atoms with Crippen molar-refractivity contribution >= 4 is 35.2 Å². The SMILES string of the molecule is CC(=O)O.CO[C@H]1C[C@@H]2CC[C@@H](C)[C@@](O)(O2)C(=O)C(=O)N2CCCC[C@H]2C(=O)O[C@H]([C@H](C)C[C@@H]2CC[C@@H](O)[C@H](OC)C2)CC(=O)[C@H](C)/C=C(\C)[C@@H](O)[C@@H](OC)C(=O)[C@H](C)C[C@H](C)/C=C/C=CC=C1C. The molecule has 15 atom stereocenters. The Morgan fingerprint density at radius 1 is 0.870 bits per heavy atom. The molecular formula is C53H83NO15. The summed E-state index contributed by atoms with van der Waals surface area (Å²) in [7, 11) is 4.52. The van der Waals surface area contributed by atoms with Crippen molar-refractivity contribution < 1.29 is 72.9 Å². The van der Waals surface area contributed by atoms with Crippen LogP contribution in [0.4, 0.5) is 0 Å². The van der Waals surface area contributed by atoms with Crippen molar-refractivity contribution in [1.82, 2.24) is 4.90 Å². The molecule has 0 unspecified atom stereocenters. The summed E-state index contributed by atoms with van der Waals surface area (Å²) >= 11 is 0. The van der Waals surface area contributed by atoms with Crippen molar-refractivity contribution in [3.63, 3.8) is 0 Å². The van der Waals surface area contributed by atoms with Crippen LogP contribution in [0.5, 0.6) is 0 Å². The number of aliphatic hydroxyl groups excluding tert-OH is 2. The molecular weight excluding hydrogens is 891 g/mol. The molecule has 4 aliphatic rings. The number of piperidine rings is 1. The number of nitrogens with zero attached hydrogens (tertiary/aromatic N) is 1. The van der Waals surface area contributed by atoms with E-state index < -0.39 is 89.8 Å². The van der Waals surface area contributed by atoms with Gasteiger partial charge in [-0.25, -0.2) is 4.79 Å². The number of esters is 1. The van der Waals surface area contributed by atoms with Gasteiger partial charge >= 0.3 is 5.97 Å². The second-order valence-corrected chi connectivity index (χ2v) is 20.1. The zero-order valence-electron chi connectivity index (χ0n) is 43.0. The maximum absolute atomic E-state index is 14.4. The number of hydrogen-bond acceptors (Lipinski definition) is 14. The minimum atomic E-state index is -2.43. The minimum Gasteiger partial charge on any atom is -0.481 e. The van der Waals surface area contributed by atoms with E-state index in [-0.39, 0.29) is 54.8 Å². The highest BCUT2D eigenvalue weighted by Gasteiger charge is 2.53. The van der Waals surface area contributed by atoms with Gasteiger partial charge in [0.05, 0.1) is 24.4 Å². The molecule has 0 radical (unpaired) electrons. The first-order valence-electron chi connectivity index (χ1n) is 24.9. The number of ether oxygens (including phenoxy) is 5. The Hall–Kier alpha value is -3.90. The Balaban J connectivity index is 0.00000303. The maximum Gasteiger partial charge on any atom is 0.329 e. The molecule has 0 aromatic carbocycles. The maximum atomic E-state index is 14.4. The van der Waals surface area contributed by atoms with E-state index in [2.05, 4.69) is 0 Å². The van der Waals surface area contributed by atoms with Crippen LogP contribution < -0.4 is 0 Å². The quantitative estimate of drug-likeness (QED) is 0.131. The highest BCUT2D eigenvalue weighted by molar-refractivity contribution is 6.39. The molecule has 3 fully saturated rings. The molecule has 1 saturated carbocycles. The standard InChI is InChI=1S/C51H79NO13.C2H4O2/c1-30-16-12-11-13-17-31(2)42(61-8)28-38-21-19-36(7)51(60,65-38)48(57)49(58)52-23-15-14-18-39(52)50(59)64-43(33(4)26-37-20-22-40(53)44(27-37)62-9)29-41(54)32(3)25-35(6)46(56)47(63-10)45(55)34(5)24-30;1-2(3)4/h11-13,16-17,25,30,32-34,36-40,42-44,46-47,53,56,60H,14-15,18-24,26-29H2,1-10H3;1H3,(H,3,4)/b13-11?,16-12+,31-17?,35-25+;/t30-,32-,33-,34-,36-,37+,38+,39+,40-,42+,43+,44-,46-,47+,51-;/m1./s1. The van der Waals surface area contributed by atoms with Gasteiger partial charge in [0.2, 0.25) is 5.79 Å². The summed E-state index contributed by atoms with van der Waals surface area (Å²) in [5.41, 5.74) is 1.27. The Labute approximate surface area is 409 Å². The predicted octanol–water partition coefficient (Wildman–Crippen LogP) is 6.27. The number of aliphatic carboxylic acids is 1. The summed E-state index contributed by atoms with van der Waals surface area (Å²) in [6.07, 6.45) is 11.2. The van der Waals surface area contributed by atoms with Crippen molar-refractivity contribution in [3.8, 4) is 0 Å². The summed E-state index contributed by atoms with van der Waals surface area (Å²) < 4.78 is 29.4. The Bertz CT molecular complexity index is 1850. The lowest BCUT2D eigenvalue weighted by molar-refractivity contribution is -0.265. The number of carboxylic acid groups (broad SMARTS) is 1. The molecule has 0 aromatic heterocycles. The molecule has 1 aliphatic carbocycles. The molecule has 4 rings (SSSR count). The van der Waals surface area contributed by atoms with Gasteiger partial charge in [-0.1, -0.05) is 71.1 Å². The van der Waals surface area contributed by atoms with Gasteiger partial charge in [-0.05, 0) is 107 Å². The number of hydrogen-bond donors (Lipinski definition) is 4. The predicted molar refractivity (Wildman–Crippen MR) is 258 cm³/mol. The van der Waals surface area contributed by atoms with Crippen molar-refractivity contribution in [2.24, 2.45) is 35.5 Å². The van der Waals surface area contributed by atoms with Crippen molar-refractivity contribution in [2.45, 2.75) is 187 Å². The third-order valence-electron chi connectivity index (χ3n) is 14.5. The van der Waals surface area contributed by atoms with Crippen molar-refractivity contribution in [2.75, 3.05) is 27.9 Å². The first-order valence-corrected chi connectivity index (χ1v) is 24.9. The fourth-order valence-electron chi connectivity index (χ4n) is 10.1. The lowest BCUT2D eigenvalue weighted by atomic mass is 9.78. The van der Waals surface area contributed by atoms with E-state index in [1.807, 2.05) is 58.1 Å². The number of carbonyl (C=O) groups excluding carboxylic acids is 5. The van der Waals surface area contributed by atoms with Gasteiger partial charge in [-0.15, -0.1) is 0 Å². The summed E-state index contributed by atoms with van der Waals surface area (Å²) in [5.74, 6) is -8.79. The monoisotopic (exact) mass is 974 g/mol. The van der Waals surface area contributed by atoms with E-state index in [0.29, 0.717) is 63.4 Å². The van der Waals surface area contributed by atoms with Gasteiger partial charge < -0.3 is 49.0 Å². The Kier molecular flexibility index (Phi) is 24.3. The average molecular weight is 974 g/mol. The molecule has 3 heterocycles. The van der Waals surface area contributed by atoms with E-state index in [1.54, 1.807) is 41.1 Å². The Morgan fingerprint density at radius 3 is 2.19 bits per heavy atom. The molecule has 0 spiro atoms. The van der Waals surface area contributed by atoms with E-state index in [0.717, 1.165) is 18.9 Å². The van der Waals surface area contributed by atoms with Gasteiger partial charge in [0.15, 0.2) is 5.78 Å². The van der Waals surface area contributed by atoms with Crippen molar-refractivity contribution in [1.29, 1.82) is 0 Å². The van der Waals surface area contributed by atoms with Crippen LogP contribution in [0.25, 0.3) is 0 Å². The summed E-state index contributed by atoms with van der Waals surface area (Å²) in [6.45, 7) is 13.8. The number of rotatable bonds is 6. The first kappa shape index (κ1) is 59.4. The number of amides is 1. The van der Waals surface area contributed by atoms with Crippen LogP contribution in [0, 0.1) is 35.5 Å². The molecule has 2 saturated heterocycles. The van der Waals surface area contributed by atoms with E-state index in [1.165, 1.54) is 12.0 Å². The molecule has 390 valence electrons. The normalized spacial score (nSPS) is 37.2. The summed E-state index contributed by atoms with van der Waals surface area (Å²) in [6, 6.07) is -1.14. The topological polar surface area (TPSA) is 233 Å². The first-order chi connectivity index (χ1) is 32.5. The third-order valence-corrected chi connectivity index (χ3v) is 14.5. The number of cyclic esters (lactones) is 1. The number of carboxylic acids is 1. The lowest BCUT2D eigenvalue weighted by Crippen LogP contribution is -2.61. The smallest absolute Gasteiger partial charge is 0.329 e. The molecule has 0 aromatic rings. The van der Waals surface area contributed by atoms with E-state index in [4.69, 9.17) is 33.6 Å². The van der Waals surface area contributed by atoms with Crippen LogP contribution in [0.3, 0.4) is 0 Å². The van der Waals surface area contributed by atoms with Crippen LogP contribution in [-0.4, -0.2) is 143 Å². The highest BCUT2D eigenvalue weighted by atomic mass is 16.6. The number of methoxy groups -OCH3 is 3. The van der Waals surface area contributed by atoms with Crippen LogP contribution in [0.2, 0.25) is 0 Å². The summed E-state index contributed by atoms with van der Waals surface area (Å²) in [4.78, 5) is 80.8. The van der Waals surface area contributed by atoms with Gasteiger partial charge in [-0.2, -0.15) is 0 Å². The Morgan fingerprint density at radius 2 is 1.55 bits per heavy atom. The molecule has 3 aliphatic heterocycles. The van der Waals surface area contributed by atoms with Gasteiger partial charge in [-0.3, -0.25) is 24.0 Å². The largest absolute Gasteiger partial charge is 0.481 e. The van der Waals surface area contributed by atoms with Gasteiger partial charge in [0.1, 0.15) is 30.1 Å². The van der Waals surface area contributed by atoms with Crippen LogP contribution in [0.15, 0.2) is 47.6 Å². The fraction of sp³-hybridized carbons (Fsp3) is 0.736. The molecule has 4 N–H and O–H groups in total. The van der Waals surface area contributed by atoms with Crippen LogP contribution >= 0.6 is 0 Å². The molecule has 2 bridgehead atoms. The van der Waals surface area contributed by atoms with Gasteiger partial charge in [0.25, 0.3) is 17.7 Å². The fourth-order valence-corrected chi connectivity index (χ4v) is 10.1. The van der Waals surface area contributed by atoms with E-state index >= 15 is 0 Å². The van der Waals surface area contributed by atoms with E-state index in [9.17, 15) is 39.3 Å². The van der Waals surface area contributed by atoms with Crippen LogP contribution in [0.1, 0.15) is 132 Å². The number of ketones is 3. The molecule has 1 amide bonds. The van der Waals surface area contributed by atoms with Crippen molar-refractivity contribution in [3.05, 3.63) is 47.6 Å². The number of allylic oxidation sites excluding steroid dienone is 6.